The van der Waals surface area contributed by atoms with Gasteiger partial charge >= 0.3 is 0 Å². The Morgan fingerprint density at radius 3 is 2.62 bits per heavy atom. The molecular formula is C9H6ClN3. The summed E-state index contributed by atoms with van der Waals surface area (Å²) in [6, 6.07) is 6.96. The first kappa shape index (κ1) is 9.38. The smallest absolute Gasteiger partial charge is 0.101 e. The van der Waals surface area contributed by atoms with Crippen molar-refractivity contribution in [2.45, 2.75) is 6.42 Å². The van der Waals surface area contributed by atoms with Crippen molar-refractivity contribution in [3.05, 3.63) is 28.3 Å². The Labute approximate surface area is 81.0 Å². The summed E-state index contributed by atoms with van der Waals surface area (Å²) in [5, 5.41) is 17.4. The molecule has 0 amide bonds. The first-order chi connectivity index (χ1) is 6.19. The average molecular weight is 192 g/mol. The summed E-state index contributed by atoms with van der Waals surface area (Å²) in [6.45, 7) is 0. The van der Waals surface area contributed by atoms with E-state index in [9.17, 15) is 0 Å². The second-order valence-electron chi connectivity index (χ2n) is 2.49. The van der Waals surface area contributed by atoms with Crippen molar-refractivity contribution >= 4 is 17.3 Å². The lowest BCUT2D eigenvalue weighted by atomic mass is 10.1. The molecule has 1 aromatic rings. The summed E-state index contributed by atoms with van der Waals surface area (Å²) in [7, 11) is 0. The van der Waals surface area contributed by atoms with Crippen LogP contribution in [-0.4, -0.2) is 0 Å². The highest BCUT2D eigenvalue weighted by molar-refractivity contribution is 6.32. The van der Waals surface area contributed by atoms with Gasteiger partial charge in [0.1, 0.15) is 6.07 Å². The Morgan fingerprint density at radius 1 is 1.38 bits per heavy atom. The van der Waals surface area contributed by atoms with E-state index >= 15 is 0 Å². The lowest BCUT2D eigenvalue weighted by molar-refractivity contribution is 1.26. The first-order valence-corrected chi connectivity index (χ1v) is 3.91. The highest BCUT2D eigenvalue weighted by atomic mass is 35.5. The molecule has 4 heteroatoms. The van der Waals surface area contributed by atoms with E-state index in [-0.39, 0.29) is 6.42 Å². The van der Waals surface area contributed by atoms with Gasteiger partial charge in [-0.3, -0.25) is 0 Å². The number of halogens is 1. The fourth-order valence-corrected chi connectivity index (χ4v) is 1.22. The normalized spacial score (nSPS) is 8.85. The number of nitriles is 2. The fraction of sp³-hybridized carbons (Fsp3) is 0.111. The van der Waals surface area contributed by atoms with E-state index in [0.717, 1.165) is 0 Å². The molecule has 64 valence electrons. The summed E-state index contributed by atoms with van der Waals surface area (Å²) in [5.41, 5.74) is 6.88. The predicted molar refractivity (Wildman–Crippen MR) is 49.9 cm³/mol. The van der Waals surface area contributed by atoms with Crippen LogP contribution in [0.15, 0.2) is 12.1 Å². The van der Waals surface area contributed by atoms with Gasteiger partial charge in [-0.05, 0) is 17.7 Å². The van der Waals surface area contributed by atoms with Gasteiger partial charge in [-0.2, -0.15) is 10.5 Å². The standard InChI is InChI=1S/C9H6ClN3/c10-9-6(1-2-11)3-8(13)4-7(9)5-12/h3-4H,1,13H2. The van der Waals surface area contributed by atoms with Gasteiger partial charge in [0.2, 0.25) is 0 Å². The maximum absolute atomic E-state index is 8.66. The number of nitrogens with two attached hydrogens (primary N) is 1. The number of nitrogen functional groups attached to an aromatic ring is 1. The fourth-order valence-electron chi connectivity index (χ4n) is 1.00. The van der Waals surface area contributed by atoms with Crippen LogP contribution in [0.2, 0.25) is 5.02 Å². The van der Waals surface area contributed by atoms with Crippen molar-refractivity contribution in [2.75, 3.05) is 5.73 Å². The zero-order valence-electron chi connectivity index (χ0n) is 6.71. The molecule has 1 rings (SSSR count). The molecule has 0 aromatic heterocycles. The zero-order valence-corrected chi connectivity index (χ0v) is 7.47. The van der Waals surface area contributed by atoms with Crippen molar-refractivity contribution in [3.63, 3.8) is 0 Å². The number of anilines is 1. The van der Waals surface area contributed by atoms with Crippen molar-refractivity contribution in [3.8, 4) is 12.1 Å². The van der Waals surface area contributed by atoms with Crippen molar-refractivity contribution in [2.24, 2.45) is 0 Å². The Balaban J connectivity index is 3.31. The second-order valence-corrected chi connectivity index (χ2v) is 2.87. The summed E-state index contributed by atoms with van der Waals surface area (Å²) < 4.78 is 0. The van der Waals surface area contributed by atoms with Crippen molar-refractivity contribution in [1.82, 2.24) is 0 Å². The summed E-state index contributed by atoms with van der Waals surface area (Å²) in [4.78, 5) is 0. The lowest BCUT2D eigenvalue weighted by Gasteiger charge is -2.02. The quantitative estimate of drug-likeness (QED) is 0.689. The Morgan fingerprint density at radius 2 is 2.08 bits per heavy atom. The van der Waals surface area contributed by atoms with Crippen LogP contribution >= 0.6 is 11.6 Å². The van der Waals surface area contributed by atoms with Crippen LogP contribution in [0.4, 0.5) is 5.69 Å². The Kier molecular flexibility index (Phi) is 2.74. The maximum Gasteiger partial charge on any atom is 0.101 e. The van der Waals surface area contributed by atoms with E-state index < -0.39 is 0 Å². The van der Waals surface area contributed by atoms with Crippen molar-refractivity contribution < 1.29 is 0 Å². The van der Waals surface area contributed by atoms with Gasteiger partial charge in [-0.15, -0.1) is 0 Å². The maximum atomic E-state index is 8.66. The summed E-state index contributed by atoms with van der Waals surface area (Å²) in [5.74, 6) is 0. The molecular weight excluding hydrogens is 186 g/mol. The van der Waals surface area contributed by atoms with E-state index in [1.807, 2.05) is 12.1 Å². The van der Waals surface area contributed by atoms with Crippen LogP contribution in [-0.2, 0) is 6.42 Å². The average Bonchev–Trinajstić information content (AvgIpc) is 2.11. The minimum Gasteiger partial charge on any atom is -0.399 e. The van der Waals surface area contributed by atoms with Gasteiger partial charge in [-0.1, -0.05) is 11.6 Å². The molecule has 0 saturated carbocycles. The van der Waals surface area contributed by atoms with E-state index in [1.54, 1.807) is 6.07 Å². The minimum atomic E-state index is 0.165. The molecule has 3 nitrogen and oxygen atoms in total. The molecule has 0 heterocycles. The van der Waals surface area contributed by atoms with Crippen LogP contribution in [0.1, 0.15) is 11.1 Å². The predicted octanol–water partition coefficient (Wildman–Crippen LogP) is 1.86. The Hall–Kier alpha value is -1.71. The van der Waals surface area contributed by atoms with Crippen LogP contribution < -0.4 is 5.73 Å². The van der Waals surface area contributed by atoms with Gasteiger partial charge in [-0.25, -0.2) is 0 Å². The number of benzene rings is 1. The van der Waals surface area contributed by atoms with E-state index in [1.165, 1.54) is 6.07 Å². The molecule has 0 aliphatic rings. The SMILES string of the molecule is N#CCc1cc(N)cc(C#N)c1Cl. The minimum absolute atomic E-state index is 0.165. The zero-order chi connectivity index (χ0) is 9.84. The van der Waals surface area contributed by atoms with Crippen molar-refractivity contribution in [1.29, 1.82) is 10.5 Å². The topological polar surface area (TPSA) is 73.6 Å². The molecule has 0 aliphatic carbocycles. The summed E-state index contributed by atoms with van der Waals surface area (Å²) in [6.07, 6.45) is 0.165. The first-order valence-electron chi connectivity index (χ1n) is 3.54. The Bertz CT molecular complexity index is 412. The largest absolute Gasteiger partial charge is 0.399 e. The number of hydrogen-bond acceptors (Lipinski definition) is 3. The van der Waals surface area contributed by atoms with Gasteiger partial charge in [0.05, 0.1) is 23.1 Å². The molecule has 2 N–H and O–H groups in total. The lowest BCUT2D eigenvalue weighted by Crippen LogP contribution is -1.93. The van der Waals surface area contributed by atoms with Gasteiger partial charge in [0, 0.05) is 5.69 Å². The van der Waals surface area contributed by atoms with Crippen LogP contribution in [0, 0.1) is 22.7 Å². The molecule has 0 saturated heterocycles. The third-order valence-electron chi connectivity index (χ3n) is 1.56. The third-order valence-corrected chi connectivity index (χ3v) is 2.01. The molecule has 1 aromatic carbocycles. The molecule has 0 unspecified atom stereocenters. The van der Waals surface area contributed by atoms with Crippen LogP contribution in [0.5, 0.6) is 0 Å². The van der Waals surface area contributed by atoms with Gasteiger partial charge < -0.3 is 5.73 Å². The molecule has 0 aliphatic heterocycles. The number of hydrogen-bond donors (Lipinski definition) is 1. The number of rotatable bonds is 1. The molecule has 0 atom stereocenters. The highest BCUT2D eigenvalue weighted by Crippen LogP contribution is 2.24. The third kappa shape index (κ3) is 1.90. The van der Waals surface area contributed by atoms with E-state index in [0.29, 0.717) is 21.8 Å². The molecule has 0 radical (unpaired) electrons. The highest BCUT2D eigenvalue weighted by Gasteiger charge is 2.06. The second kappa shape index (κ2) is 3.80. The van der Waals surface area contributed by atoms with Gasteiger partial charge in [0.15, 0.2) is 0 Å². The molecule has 13 heavy (non-hydrogen) atoms. The van der Waals surface area contributed by atoms with E-state index in [2.05, 4.69) is 0 Å². The monoisotopic (exact) mass is 191 g/mol. The van der Waals surface area contributed by atoms with Crippen LogP contribution in [0.25, 0.3) is 0 Å². The van der Waals surface area contributed by atoms with E-state index in [4.69, 9.17) is 27.9 Å². The molecule has 0 spiro atoms. The molecule has 0 fully saturated rings. The number of nitrogens with zero attached hydrogens (tertiary/aromatic N) is 2. The summed E-state index contributed by atoms with van der Waals surface area (Å²) >= 11 is 5.83. The van der Waals surface area contributed by atoms with Gasteiger partial charge in [0.25, 0.3) is 0 Å². The van der Waals surface area contributed by atoms with Crippen LogP contribution in [0.3, 0.4) is 0 Å². The molecule has 0 bridgehead atoms.